The summed E-state index contributed by atoms with van der Waals surface area (Å²) in [6.07, 6.45) is 4.53. The maximum absolute atomic E-state index is 12.1. The first kappa shape index (κ1) is 12.0. The molecule has 7 nitrogen and oxygen atoms in total. The molecule has 0 unspecified atom stereocenters. The van der Waals surface area contributed by atoms with Crippen molar-refractivity contribution in [3.8, 4) is 0 Å². The Balaban J connectivity index is 2.21. The van der Waals surface area contributed by atoms with Crippen molar-refractivity contribution in [2.24, 2.45) is 7.05 Å². The molecule has 0 radical (unpaired) electrons. The molecule has 0 aromatic carbocycles. The second kappa shape index (κ2) is 5.26. The van der Waals surface area contributed by atoms with Crippen LogP contribution < -0.4 is 10.6 Å². The number of nitrogens with zero attached hydrogens (tertiary/aromatic N) is 4. The van der Waals surface area contributed by atoms with E-state index in [0.717, 1.165) is 12.2 Å². The molecule has 18 heavy (non-hydrogen) atoms. The molecule has 0 atom stereocenters. The Bertz CT molecular complexity index is 550. The number of carbonyl (C=O) groups is 1. The fraction of sp³-hybridized carbons (Fsp3) is 0.273. The molecular formula is C11H14N6O. The summed E-state index contributed by atoms with van der Waals surface area (Å²) in [5.41, 5.74) is 1.22. The Morgan fingerprint density at radius 2 is 2.33 bits per heavy atom. The van der Waals surface area contributed by atoms with Crippen LogP contribution in [0.5, 0.6) is 0 Å². The van der Waals surface area contributed by atoms with Crippen LogP contribution in [0.2, 0.25) is 0 Å². The van der Waals surface area contributed by atoms with Crippen molar-refractivity contribution in [3.05, 3.63) is 30.4 Å². The molecular weight excluding hydrogens is 232 g/mol. The maximum Gasteiger partial charge on any atom is 0.261 e. The van der Waals surface area contributed by atoms with Crippen molar-refractivity contribution in [3.63, 3.8) is 0 Å². The number of hydrogen-bond donors (Lipinski definition) is 2. The first-order chi connectivity index (χ1) is 8.72. The third kappa shape index (κ3) is 2.45. The van der Waals surface area contributed by atoms with Gasteiger partial charge in [-0.15, -0.1) is 0 Å². The number of pyridine rings is 1. The van der Waals surface area contributed by atoms with Gasteiger partial charge in [-0.05, 0) is 13.0 Å². The summed E-state index contributed by atoms with van der Waals surface area (Å²) in [5, 5.41) is 9.66. The van der Waals surface area contributed by atoms with Crippen LogP contribution in [0.4, 0.5) is 11.6 Å². The van der Waals surface area contributed by atoms with E-state index in [2.05, 4.69) is 25.7 Å². The Kier molecular flexibility index (Phi) is 3.52. The van der Waals surface area contributed by atoms with E-state index in [0.29, 0.717) is 11.5 Å². The summed E-state index contributed by atoms with van der Waals surface area (Å²) < 4.78 is 1.49. The summed E-state index contributed by atoms with van der Waals surface area (Å²) in [6, 6.07) is 1.76. The lowest BCUT2D eigenvalue weighted by atomic mass is 10.2. The summed E-state index contributed by atoms with van der Waals surface area (Å²) in [5.74, 6) is 0.126. The number of carbonyl (C=O) groups excluding carboxylic acids is 1. The lowest BCUT2D eigenvalue weighted by Gasteiger charge is -2.09. The summed E-state index contributed by atoms with van der Waals surface area (Å²) in [4.78, 5) is 20.0. The average Bonchev–Trinajstić information content (AvgIpc) is 2.76. The molecule has 2 heterocycles. The van der Waals surface area contributed by atoms with E-state index in [1.54, 1.807) is 19.3 Å². The van der Waals surface area contributed by atoms with Gasteiger partial charge in [-0.2, -0.15) is 10.1 Å². The second-order valence-corrected chi connectivity index (χ2v) is 3.61. The molecule has 2 aromatic rings. The Morgan fingerprint density at radius 1 is 1.50 bits per heavy atom. The molecule has 0 aliphatic heterocycles. The highest BCUT2D eigenvalue weighted by Crippen LogP contribution is 2.14. The first-order valence-corrected chi connectivity index (χ1v) is 5.55. The van der Waals surface area contributed by atoms with Gasteiger partial charge in [0.1, 0.15) is 6.33 Å². The van der Waals surface area contributed by atoms with Crippen LogP contribution in [0, 0.1) is 0 Å². The van der Waals surface area contributed by atoms with Gasteiger partial charge in [-0.3, -0.25) is 15.1 Å². The first-order valence-electron chi connectivity index (χ1n) is 5.55. The van der Waals surface area contributed by atoms with E-state index in [1.807, 2.05) is 6.92 Å². The minimum atomic E-state index is -0.268. The molecule has 0 saturated carbocycles. The van der Waals surface area contributed by atoms with Crippen LogP contribution >= 0.6 is 0 Å². The van der Waals surface area contributed by atoms with Crippen LogP contribution in [0.3, 0.4) is 0 Å². The molecule has 2 rings (SSSR count). The highest BCUT2D eigenvalue weighted by molar-refractivity contribution is 6.07. The van der Waals surface area contributed by atoms with Gasteiger partial charge in [-0.25, -0.2) is 4.68 Å². The SMILES string of the molecule is CCNc1ccncc1C(=O)Nc1ncnn1C. The highest BCUT2D eigenvalue weighted by atomic mass is 16.1. The molecule has 0 aliphatic rings. The van der Waals surface area contributed by atoms with Crippen molar-refractivity contribution >= 4 is 17.5 Å². The third-order valence-electron chi connectivity index (χ3n) is 2.37. The lowest BCUT2D eigenvalue weighted by molar-refractivity contribution is 0.102. The topological polar surface area (TPSA) is 84.7 Å². The molecule has 0 bridgehead atoms. The van der Waals surface area contributed by atoms with E-state index >= 15 is 0 Å². The van der Waals surface area contributed by atoms with Crippen LogP contribution in [0.25, 0.3) is 0 Å². The summed E-state index contributed by atoms with van der Waals surface area (Å²) in [6.45, 7) is 2.69. The predicted molar refractivity (Wildman–Crippen MR) is 67.4 cm³/mol. The van der Waals surface area contributed by atoms with Crippen molar-refractivity contribution in [2.75, 3.05) is 17.2 Å². The molecule has 0 spiro atoms. The third-order valence-corrected chi connectivity index (χ3v) is 2.37. The van der Waals surface area contributed by atoms with Gasteiger partial charge < -0.3 is 5.32 Å². The van der Waals surface area contributed by atoms with Gasteiger partial charge in [0.05, 0.1) is 11.3 Å². The van der Waals surface area contributed by atoms with Crippen molar-refractivity contribution in [1.29, 1.82) is 0 Å². The smallest absolute Gasteiger partial charge is 0.261 e. The van der Waals surface area contributed by atoms with Crippen LogP contribution in [-0.2, 0) is 7.05 Å². The van der Waals surface area contributed by atoms with Crippen LogP contribution in [0.15, 0.2) is 24.8 Å². The van der Waals surface area contributed by atoms with Gasteiger partial charge >= 0.3 is 0 Å². The highest BCUT2D eigenvalue weighted by Gasteiger charge is 2.13. The number of rotatable bonds is 4. The van der Waals surface area contributed by atoms with Crippen LogP contribution in [0.1, 0.15) is 17.3 Å². The van der Waals surface area contributed by atoms with Gasteiger partial charge in [-0.1, -0.05) is 0 Å². The monoisotopic (exact) mass is 246 g/mol. The molecule has 2 aromatic heterocycles. The lowest BCUT2D eigenvalue weighted by Crippen LogP contribution is -2.17. The zero-order valence-electron chi connectivity index (χ0n) is 10.2. The van der Waals surface area contributed by atoms with E-state index < -0.39 is 0 Å². The summed E-state index contributed by atoms with van der Waals surface area (Å²) in [7, 11) is 1.71. The number of amides is 1. The number of aryl methyl sites for hydroxylation is 1. The maximum atomic E-state index is 12.1. The number of hydrogen-bond acceptors (Lipinski definition) is 5. The zero-order valence-corrected chi connectivity index (χ0v) is 10.2. The Hall–Kier alpha value is -2.44. The number of aromatic nitrogens is 4. The standard InChI is InChI=1S/C11H14N6O/c1-3-13-9-4-5-12-6-8(9)10(18)16-11-14-7-15-17(11)2/h4-7H,3H2,1-2H3,(H,12,13)(H,14,15,16,18). The van der Waals surface area contributed by atoms with Gasteiger partial charge in [0.15, 0.2) is 0 Å². The van der Waals surface area contributed by atoms with E-state index in [1.165, 1.54) is 17.2 Å². The zero-order chi connectivity index (χ0) is 13.0. The molecule has 7 heteroatoms. The minimum absolute atomic E-state index is 0.268. The molecule has 2 N–H and O–H groups in total. The fourth-order valence-electron chi connectivity index (χ4n) is 1.50. The van der Waals surface area contributed by atoms with Crippen molar-refractivity contribution < 1.29 is 4.79 Å². The largest absolute Gasteiger partial charge is 0.385 e. The van der Waals surface area contributed by atoms with Gasteiger partial charge in [0, 0.05) is 26.0 Å². The number of nitrogens with one attached hydrogen (secondary N) is 2. The quantitative estimate of drug-likeness (QED) is 0.837. The minimum Gasteiger partial charge on any atom is -0.385 e. The predicted octanol–water partition coefficient (Wildman–Crippen LogP) is 0.894. The van der Waals surface area contributed by atoms with Crippen molar-refractivity contribution in [1.82, 2.24) is 19.7 Å². The molecule has 0 fully saturated rings. The van der Waals surface area contributed by atoms with Gasteiger partial charge in [0.25, 0.3) is 5.91 Å². The van der Waals surface area contributed by atoms with E-state index in [-0.39, 0.29) is 5.91 Å². The summed E-state index contributed by atoms with van der Waals surface area (Å²) >= 11 is 0. The average molecular weight is 246 g/mol. The van der Waals surface area contributed by atoms with Gasteiger partial charge in [0.2, 0.25) is 5.95 Å². The fourth-order valence-corrected chi connectivity index (χ4v) is 1.50. The molecule has 0 aliphatic carbocycles. The Morgan fingerprint density at radius 3 is 3.00 bits per heavy atom. The van der Waals surface area contributed by atoms with Crippen molar-refractivity contribution in [2.45, 2.75) is 6.92 Å². The van der Waals surface area contributed by atoms with Crippen LogP contribution in [-0.4, -0.2) is 32.2 Å². The normalized spacial score (nSPS) is 10.1. The van der Waals surface area contributed by atoms with E-state index in [9.17, 15) is 4.79 Å². The molecule has 0 saturated heterocycles. The number of anilines is 2. The van der Waals surface area contributed by atoms with E-state index in [4.69, 9.17) is 0 Å². The molecule has 1 amide bonds. The Labute approximate surface area is 104 Å². The second-order valence-electron chi connectivity index (χ2n) is 3.61. The molecule has 94 valence electrons.